The van der Waals surface area contributed by atoms with Crippen molar-refractivity contribution in [1.82, 2.24) is 0 Å². The van der Waals surface area contributed by atoms with Crippen LogP contribution < -0.4 is 15.8 Å². The number of carbonyl (C=O) groups is 1. The molecule has 3 N–H and O–H groups in total. The van der Waals surface area contributed by atoms with Crippen molar-refractivity contribution in [3.63, 3.8) is 0 Å². The molecule has 0 saturated carbocycles. The molecule has 0 saturated heterocycles. The van der Waals surface area contributed by atoms with Crippen LogP contribution in [0.15, 0.2) is 22.7 Å². The first-order valence-corrected chi connectivity index (χ1v) is 7.08. The van der Waals surface area contributed by atoms with Crippen molar-refractivity contribution in [3.05, 3.63) is 22.7 Å². The lowest BCUT2D eigenvalue weighted by molar-refractivity contribution is -0.274. The summed E-state index contributed by atoms with van der Waals surface area (Å²) in [5, 5.41) is 2.44. The summed E-state index contributed by atoms with van der Waals surface area (Å²) < 4.78 is 41.4. The number of nitrogens with one attached hydrogen (secondary N) is 1. The van der Waals surface area contributed by atoms with Gasteiger partial charge in [-0.2, -0.15) is 0 Å². The average molecular weight is 369 g/mol. The number of ether oxygens (including phenoxy) is 1. The molecule has 0 bridgehead atoms. The first-order chi connectivity index (χ1) is 9.73. The summed E-state index contributed by atoms with van der Waals surface area (Å²) in [4.78, 5) is 11.9. The third kappa shape index (κ3) is 6.34. The third-order valence-electron chi connectivity index (χ3n) is 2.72. The van der Waals surface area contributed by atoms with Crippen LogP contribution in [-0.4, -0.2) is 18.8 Å². The van der Waals surface area contributed by atoms with Crippen LogP contribution in [0.3, 0.4) is 0 Å². The molecule has 4 nitrogen and oxygen atoms in total. The van der Waals surface area contributed by atoms with Crippen LogP contribution in [0.4, 0.5) is 18.9 Å². The van der Waals surface area contributed by atoms with Crippen molar-refractivity contribution >= 4 is 27.5 Å². The van der Waals surface area contributed by atoms with E-state index in [0.717, 1.165) is 6.07 Å². The van der Waals surface area contributed by atoms with Crippen LogP contribution in [0.25, 0.3) is 0 Å². The van der Waals surface area contributed by atoms with Crippen molar-refractivity contribution in [2.24, 2.45) is 11.7 Å². The summed E-state index contributed by atoms with van der Waals surface area (Å²) in [6, 6.07) is 4.01. The molecule has 1 rings (SSSR count). The highest BCUT2D eigenvalue weighted by Crippen LogP contribution is 2.33. The van der Waals surface area contributed by atoms with Crippen molar-refractivity contribution in [1.29, 1.82) is 0 Å². The number of nitrogens with two attached hydrogens (primary N) is 1. The van der Waals surface area contributed by atoms with Crippen molar-refractivity contribution < 1.29 is 22.7 Å². The van der Waals surface area contributed by atoms with Gasteiger partial charge in [0.15, 0.2) is 5.75 Å². The van der Waals surface area contributed by atoms with Gasteiger partial charge >= 0.3 is 6.36 Å². The second-order valence-electron chi connectivity index (χ2n) is 4.51. The Labute approximate surface area is 129 Å². The van der Waals surface area contributed by atoms with Crippen LogP contribution in [0, 0.1) is 5.92 Å². The zero-order valence-corrected chi connectivity index (χ0v) is 12.9. The topological polar surface area (TPSA) is 64.4 Å². The second-order valence-corrected chi connectivity index (χ2v) is 5.43. The first kappa shape index (κ1) is 17.8. The highest BCUT2D eigenvalue weighted by molar-refractivity contribution is 9.10. The van der Waals surface area contributed by atoms with Crippen LogP contribution >= 0.6 is 15.9 Å². The normalized spacial score (nSPS) is 12.9. The van der Waals surface area contributed by atoms with Crippen LogP contribution in [0.2, 0.25) is 0 Å². The predicted octanol–water partition coefficient (Wildman–Crippen LogP) is 3.66. The molecule has 118 valence electrons. The van der Waals surface area contributed by atoms with E-state index >= 15 is 0 Å². The lowest BCUT2D eigenvalue weighted by Crippen LogP contribution is -2.23. The highest BCUT2D eigenvalue weighted by Gasteiger charge is 2.32. The van der Waals surface area contributed by atoms with Gasteiger partial charge in [0.05, 0.1) is 5.69 Å². The number of alkyl halides is 3. The molecule has 1 unspecified atom stereocenters. The van der Waals surface area contributed by atoms with E-state index < -0.39 is 12.1 Å². The lowest BCUT2D eigenvalue weighted by Gasteiger charge is -2.16. The van der Waals surface area contributed by atoms with E-state index in [-0.39, 0.29) is 17.5 Å². The Morgan fingerprint density at radius 3 is 2.71 bits per heavy atom. The maximum atomic E-state index is 12.4. The number of benzene rings is 1. The Morgan fingerprint density at radius 1 is 1.48 bits per heavy atom. The SMILES string of the molecule is CC(CCCN)C(=O)Nc1ccc(Br)cc1OC(F)(F)F. The van der Waals surface area contributed by atoms with E-state index in [9.17, 15) is 18.0 Å². The molecule has 1 aromatic rings. The Morgan fingerprint density at radius 2 is 2.14 bits per heavy atom. The fraction of sp³-hybridized carbons (Fsp3) is 0.462. The standard InChI is InChI=1S/C13H16BrF3N2O2/c1-8(3-2-6-18)12(20)19-10-5-4-9(14)7-11(10)21-13(15,16)17/h4-5,7-8H,2-3,6,18H2,1H3,(H,19,20). The molecule has 0 spiro atoms. The molecule has 0 fully saturated rings. The van der Waals surface area contributed by atoms with Crippen molar-refractivity contribution in [3.8, 4) is 5.75 Å². The lowest BCUT2D eigenvalue weighted by atomic mass is 10.0. The number of hydrogen-bond donors (Lipinski definition) is 2. The summed E-state index contributed by atoms with van der Waals surface area (Å²) >= 11 is 3.06. The summed E-state index contributed by atoms with van der Waals surface area (Å²) in [5.41, 5.74) is 5.33. The van der Waals surface area contributed by atoms with Gasteiger partial charge in [-0.15, -0.1) is 13.2 Å². The number of halogens is 4. The van der Waals surface area contributed by atoms with E-state index in [1.54, 1.807) is 6.92 Å². The van der Waals surface area contributed by atoms with Crippen molar-refractivity contribution in [2.45, 2.75) is 26.1 Å². The van der Waals surface area contributed by atoms with Gasteiger partial charge in [0, 0.05) is 10.4 Å². The largest absolute Gasteiger partial charge is 0.573 e. The molecule has 0 aliphatic heterocycles. The number of carbonyl (C=O) groups excluding carboxylic acids is 1. The van der Waals surface area contributed by atoms with E-state index in [1.807, 2.05) is 0 Å². The van der Waals surface area contributed by atoms with Gasteiger partial charge in [-0.25, -0.2) is 0 Å². The van der Waals surface area contributed by atoms with Crippen LogP contribution in [-0.2, 0) is 4.79 Å². The van der Waals surface area contributed by atoms with Gasteiger partial charge in [0.25, 0.3) is 0 Å². The summed E-state index contributed by atoms with van der Waals surface area (Å²) in [5.74, 6) is -1.19. The number of anilines is 1. The summed E-state index contributed by atoms with van der Waals surface area (Å²) in [7, 11) is 0. The van der Waals surface area contributed by atoms with Gasteiger partial charge in [0.1, 0.15) is 0 Å². The van der Waals surface area contributed by atoms with Gasteiger partial charge in [-0.3, -0.25) is 4.79 Å². The molecular weight excluding hydrogens is 353 g/mol. The smallest absolute Gasteiger partial charge is 0.404 e. The monoisotopic (exact) mass is 368 g/mol. The second kappa shape index (κ2) is 7.65. The number of rotatable bonds is 6. The fourth-order valence-corrected chi connectivity index (χ4v) is 1.96. The molecule has 0 aliphatic carbocycles. The Balaban J connectivity index is 2.85. The van der Waals surface area contributed by atoms with Gasteiger partial charge in [-0.1, -0.05) is 22.9 Å². The minimum Gasteiger partial charge on any atom is -0.404 e. The highest BCUT2D eigenvalue weighted by atomic mass is 79.9. The Bertz CT molecular complexity index is 495. The van der Waals surface area contributed by atoms with Crippen molar-refractivity contribution in [2.75, 3.05) is 11.9 Å². The molecule has 0 aliphatic rings. The van der Waals surface area contributed by atoms with Crippen LogP contribution in [0.1, 0.15) is 19.8 Å². The maximum Gasteiger partial charge on any atom is 0.573 e. The summed E-state index contributed by atoms with van der Waals surface area (Å²) in [6.45, 7) is 2.15. The predicted molar refractivity (Wildman–Crippen MR) is 76.9 cm³/mol. The maximum absolute atomic E-state index is 12.4. The molecule has 1 atom stereocenters. The summed E-state index contributed by atoms with van der Waals surface area (Å²) in [6.07, 6.45) is -3.60. The van der Waals surface area contributed by atoms with E-state index in [1.165, 1.54) is 12.1 Å². The molecule has 8 heteroatoms. The zero-order valence-electron chi connectivity index (χ0n) is 11.3. The molecule has 21 heavy (non-hydrogen) atoms. The minimum absolute atomic E-state index is 0.0277. The zero-order chi connectivity index (χ0) is 16.0. The quantitative estimate of drug-likeness (QED) is 0.805. The number of amides is 1. The molecule has 1 amide bonds. The van der Waals surface area contributed by atoms with Gasteiger partial charge in [-0.05, 0) is 37.6 Å². The van der Waals surface area contributed by atoms with E-state index in [0.29, 0.717) is 23.9 Å². The molecule has 0 aromatic heterocycles. The molecule has 1 aromatic carbocycles. The third-order valence-corrected chi connectivity index (χ3v) is 3.21. The molecular formula is C13H16BrF3N2O2. The number of hydrogen-bond acceptors (Lipinski definition) is 3. The van der Waals surface area contributed by atoms with E-state index in [4.69, 9.17) is 5.73 Å². The fourth-order valence-electron chi connectivity index (χ4n) is 1.62. The van der Waals surface area contributed by atoms with E-state index in [2.05, 4.69) is 26.0 Å². The minimum atomic E-state index is -4.83. The first-order valence-electron chi connectivity index (χ1n) is 6.29. The van der Waals surface area contributed by atoms with Gasteiger partial charge < -0.3 is 15.8 Å². The molecule has 0 radical (unpaired) electrons. The Kier molecular flexibility index (Phi) is 6.47. The molecule has 0 heterocycles. The Hall–Kier alpha value is -1.28. The van der Waals surface area contributed by atoms with Gasteiger partial charge in [0.2, 0.25) is 5.91 Å². The van der Waals surface area contributed by atoms with Crippen LogP contribution in [0.5, 0.6) is 5.75 Å². The average Bonchev–Trinajstić information content (AvgIpc) is 2.37.